The summed E-state index contributed by atoms with van der Waals surface area (Å²) in [4.78, 5) is 2.33. The number of anilines is 2. The van der Waals surface area contributed by atoms with E-state index in [0.29, 0.717) is 47.3 Å². The van der Waals surface area contributed by atoms with Crippen LogP contribution in [0.5, 0.6) is 0 Å². The zero-order chi connectivity index (χ0) is 48.3. The van der Waals surface area contributed by atoms with Gasteiger partial charge in [0.25, 0.3) is 0 Å². The monoisotopic (exact) mass is 882 g/mol. The number of nitrogens with zero attached hydrogens (tertiary/aromatic N) is 1. The van der Waals surface area contributed by atoms with E-state index in [-0.39, 0.29) is 6.29 Å². The molecule has 0 atom stereocenters. The zero-order valence-electron chi connectivity index (χ0n) is 44.0. The quantitative estimate of drug-likeness (QED) is 0.0894. The molecule has 0 unspecified atom stereocenters. The van der Waals surface area contributed by atoms with Gasteiger partial charge in [0.1, 0.15) is 0 Å². The normalized spacial score (nSPS) is 12.2. The fraction of sp³-hybridized carbons (Fsp3) is 0.429. The highest BCUT2D eigenvalue weighted by atomic mass is 15.4. The molecular weight excluding hydrogens is 799 g/mol. The molecule has 6 rings (SSSR count). The molecule has 0 heterocycles. The predicted molar refractivity (Wildman–Crippen MR) is 292 cm³/mol. The number of nitrogens with one attached hydrogen (secondary N) is 2. The van der Waals surface area contributed by atoms with E-state index in [1.54, 1.807) is 0 Å². The highest BCUT2D eigenvalue weighted by Crippen LogP contribution is 2.50. The summed E-state index contributed by atoms with van der Waals surface area (Å²) in [7, 11) is 4.42. The topological polar surface area (TPSA) is 27.3 Å². The van der Waals surface area contributed by atoms with Gasteiger partial charge in [-0.15, -0.1) is 0 Å². The van der Waals surface area contributed by atoms with Crippen molar-refractivity contribution in [3.63, 3.8) is 0 Å². The minimum Gasteiger partial charge on any atom is -0.352 e. The molecule has 0 aromatic heterocycles. The van der Waals surface area contributed by atoms with Crippen LogP contribution in [0, 0.1) is 0 Å². The minimum atomic E-state index is -0.311. The van der Waals surface area contributed by atoms with Crippen LogP contribution >= 0.6 is 0 Å². The Morgan fingerprint density at radius 1 is 0.273 bits per heavy atom. The average molecular weight is 882 g/mol. The van der Waals surface area contributed by atoms with Gasteiger partial charge in [-0.05, 0) is 128 Å². The molecule has 0 aliphatic carbocycles. The van der Waals surface area contributed by atoms with Crippen molar-refractivity contribution in [3.8, 4) is 44.5 Å². The van der Waals surface area contributed by atoms with Crippen LogP contribution in [-0.4, -0.2) is 25.3 Å². The van der Waals surface area contributed by atoms with E-state index in [4.69, 9.17) is 0 Å². The Balaban J connectivity index is 1.75. The lowest BCUT2D eigenvalue weighted by Gasteiger charge is -2.34. The molecule has 350 valence electrons. The van der Waals surface area contributed by atoms with E-state index >= 15 is 0 Å². The molecular formula is C63H83N3. The van der Waals surface area contributed by atoms with Gasteiger partial charge in [0.05, 0.1) is 11.4 Å². The van der Waals surface area contributed by atoms with Crippen molar-refractivity contribution in [2.45, 2.75) is 164 Å². The second kappa shape index (κ2) is 21.2. The van der Waals surface area contributed by atoms with E-state index in [1.165, 1.54) is 89.0 Å². The van der Waals surface area contributed by atoms with Gasteiger partial charge < -0.3 is 10.6 Å². The predicted octanol–water partition coefficient (Wildman–Crippen LogP) is 18.7. The van der Waals surface area contributed by atoms with E-state index in [9.17, 15) is 0 Å². The molecule has 0 fully saturated rings. The van der Waals surface area contributed by atoms with Gasteiger partial charge in [-0.1, -0.05) is 220 Å². The smallest absolute Gasteiger partial charge is 0.155 e. The standard InChI is InChI=1S/C63H83N3/c1-37(2)45-25-19-26-46(38(3)4)57(45)53-33-23-34-54(58-47(39(5)6)27-20-28-48(58)40(7)8)61(53)64-63(66(17)18)65-62-55(59-49(41(9)10)29-21-30-50(59)42(11)12)35-24-36-56(62)60-51(43(13)14)31-22-32-52(60)44(15)16/h19-44,63-65H,1-18H3. The first kappa shape index (κ1) is 50.3. The van der Waals surface area contributed by atoms with Crippen LogP contribution in [0.2, 0.25) is 0 Å². The van der Waals surface area contributed by atoms with Gasteiger partial charge in [-0.25, -0.2) is 0 Å². The number of hydrogen-bond donors (Lipinski definition) is 2. The third-order valence-corrected chi connectivity index (χ3v) is 13.8. The molecule has 0 spiro atoms. The fourth-order valence-electron chi connectivity index (χ4n) is 10.3. The van der Waals surface area contributed by atoms with Crippen LogP contribution in [0.4, 0.5) is 11.4 Å². The van der Waals surface area contributed by atoms with Gasteiger partial charge in [0.2, 0.25) is 0 Å². The summed E-state index contributed by atoms with van der Waals surface area (Å²) < 4.78 is 0. The molecule has 2 N–H and O–H groups in total. The van der Waals surface area contributed by atoms with Crippen molar-refractivity contribution in [2.24, 2.45) is 0 Å². The lowest BCUT2D eigenvalue weighted by molar-refractivity contribution is 0.352. The molecule has 3 heteroatoms. The molecule has 0 aliphatic heterocycles. The third-order valence-electron chi connectivity index (χ3n) is 13.8. The van der Waals surface area contributed by atoms with Gasteiger partial charge in [0.15, 0.2) is 6.29 Å². The summed E-state index contributed by atoms with van der Waals surface area (Å²) in [5.41, 5.74) is 23.7. The molecule has 0 amide bonds. The van der Waals surface area contributed by atoms with E-state index in [2.05, 4.69) is 250 Å². The maximum atomic E-state index is 4.35. The SMILES string of the molecule is CC(C)c1cccc(C(C)C)c1-c1cccc(-c2c(C(C)C)cccc2C(C)C)c1NC(Nc1c(-c2c(C(C)C)cccc2C(C)C)cccc1-c1c(C(C)C)cccc1C(C)C)N(C)C. The Labute approximate surface area is 401 Å². The van der Waals surface area contributed by atoms with E-state index in [0.717, 1.165) is 11.4 Å². The first-order chi connectivity index (χ1) is 31.3. The van der Waals surface area contributed by atoms with Crippen LogP contribution in [0.1, 0.15) is 203 Å². The Morgan fingerprint density at radius 2 is 0.439 bits per heavy atom. The summed E-state index contributed by atoms with van der Waals surface area (Å²) in [6.07, 6.45) is -0.311. The molecule has 66 heavy (non-hydrogen) atoms. The lowest BCUT2D eigenvalue weighted by Crippen LogP contribution is -2.42. The summed E-state index contributed by atoms with van der Waals surface area (Å²) in [5, 5.41) is 8.69. The first-order valence-corrected chi connectivity index (χ1v) is 25.2. The van der Waals surface area contributed by atoms with Crippen molar-refractivity contribution < 1.29 is 0 Å². The van der Waals surface area contributed by atoms with Crippen LogP contribution < -0.4 is 10.6 Å². The van der Waals surface area contributed by atoms with Crippen molar-refractivity contribution in [3.05, 3.63) is 154 Å². The van der Waals surface area contributed by atoms with Crippen LogP contribution in [-0.2, 0) is 0 Å². The number of rotatable bonds is 17. The highest BCUT2D eigenvalue weighted by Gasteiger charge is 2.29. The van der Waals surface area contributed by atoms with Crippen molar-refractivity contribution in [2.75, 3.05) is 24.7 Å². The molecule has 0 saturated heterocycles. The highest BCUT2D eigenvalue weighted by molar-refractivity contribution is 5.97. The summed E-state index contributed by atoms with van der Waals surface area (Å²) in [6, 6.07) is 42.0. The second-order valence-electron chi connectivity index (χ2n) is 21.6. The summed E-state index contributed by atoms with van der Waals surface area (Å²) >= 11 is 0. The van der Waals surface area contributed by atoms with Crippen LogP contribution in [0.15, 0.2) is 109 Å². The molecule has 6 aromatic rings. The zero-order valence-corrected chi connectivity index (χ0v) is 44.0. The lowest BCUT2D eigenvalue weighted by atomic mass is 9.80. The van der Waals surface area contributed by atoms with E-state index in [1.807, 2.05) is 0 Å². The van der Waals surface area contributed by atoms with E-state index < -0.39 is 0 Å². The molecule has 0 aliphatic rings. The molecule has 0 bridgehead atoms. The number of benzene rings is 6. The maximum absolute atomic E-state index is 4.35. The molecule has 3 nitrogen and oxygen atoms in total. The Kier molecular flexibility index (Phi) is 16.2. The van der Waals surface area contributed by atoms with Gasteiger partial charge in [-0.2, -0.15) is 0 Å². The van der Waals surface area contributed by atoms with Crippen LogP contribution in [0.3, 0.4) is 0 Å². The molecule has 6 aromatic carbocycles. The van der Waals surface area contributed by atoms with Crippen LogP contribution in [0.25, 0.3) is 44.5 Å². The van der Waals surface area contributed by atoms with Crippen molar-refractivity contribution in [1.29, 1.82) is 0 Å². The Hall–Kier alpha value is -5.12. The number of hydrogen-bond acceptors (Lipinski definition) is 3. The Bertz CT molecular complexity index is 2150. The molecule has 0 radical (unpaired) electrons. The fourth-order valence-corrected chi connectivity index (χ4v) is 10.3. The number of para-hydroxylation sites is 2. The van der Waals surface area contributed by atoms with Gasteiger partial charge in [0, 0.05) is 22.3 Å². The second-order valence-corrected chi connectivity index (χ2v) is 21.6. The summed E-state index contributed by atoms with van der Waals surface area (Å²) in [6.45, 7) is 37.5. The van der Waals surface area contributed by atoms with Crippen molar-refractivity contribution >= 4 is 11.4 Å². The van der Waals surface area contributed by atoms with Gasteiger partial charge in [-0.3, -0.25) is 4.90 Å². The maximum Gasteiger partial charge on any atom is 0.155 e. The van der Waals surface area contributed by atoms with Crippen molar-refractivity contribution in [1.82, 2.24) is 4.90 Å². The average Bonchev–Trinajstić information content (AvgIpc) is 3.27. The molecule has 0 saturated carbocycles. The summed E-state index contributed by atoms with van der Waals surface area (Å²) in [5.74, 6) is 2.73. The first-order valence-electron chi connectivity index (χ1n) is 25.2. The van der Waals surface area contributed by atoms with Gasteiger partial charge >= 0.3 is 0 Å². The minimum absolute atomic E-state index is 0.311. The largest absolute Gasteiger partial charge is 0.352 e. The Morgan fingerprint density at radius 3 is 0.591 bits per heavy atom. The third kappa shape index (κ3) is 10.2.